The lowest BCUT2D eigenvalue weighted by Gasteiger charge is -2.24. The standard InChI is InChI=1S/C33H43ClN8O7/c1-6-42(23-11-12-24(20(2)17-23)38-25-19-26(39-33(47)48-5)29(44)28(34)22(25)4)15-16-49-32(46)36-14-10-8-7-9-13-35-31(45)41-30-37-21(3)18-27(43)40-30/h11-12,17-19H,6-10,13-16H2,1-5H3,(H,36,46)(H,39,47)(H3,35,37,40,41,43,45). The second-order valence-corrected chi connectivity index (χ2v) is 11.5. The van der Waals surface area contributed by atoms with Crippen molar-refractivity contribution in [2.24, 2.45) is 4.99 Å². The summed E-state index contributed by atoms with van der Waals surface area (Å²) in [6.07, 6.45) is 3.45. The van der Waals surface area contributed by atoms with Crippen molar-refractivity contribution in [3.05, 3.63) is 68.3 Å². The number of amides is 4. The minimum atomic E-state index is -0.788. The van der Waals surface area contributed by atoms with Gasteiger partial charge in [-0.1, -0.05) is 24.4 Å². The third-order valence-electron chi connectivity index (χ3n) is 7.38. The molecule has 49 heavy (non-hydrogen) atoms. The molecule has 0 fully saturated rings. The molecule has 1 aliphatic carbocycles. The fourth-order valence-corrected chi connectivity index (χ4v) is 4.93. The number of aromatic nitrogens is 2. The van der Waals surface area contributed by atoms with Gasteiger partial charge in [-0.25, -0.2) is 24.4 Å². The van der Waals surface area contributed by atoms with Crippen molar-refractivity contribution in [2.45, 2.75) is 53.4 Å². The zero-order chi connectivity index (χ0) is 35.9. The topological polar surface area (TPSA) is 196 Å². The number of Topliss-reactive ketones (excluding diaryl/α,β-unsaturated/α-hetero) is 1. The van der Waals surface area contributed by atoms with Crippen LogP contribution >= 0.6 is 11.6 Å². The molecule has 1 aliphatic rings. The van der Waals surface area contributed by atoms with Gasteiger partial charge in [0.25, 0.3) is 5.56 Å². The lowest BCUT2D eigenvalue weighted by Crippen LogP contribution is -2.31. The van der Waals surface area contributed by atoms with Gasteiger partial charge >= 0.3 is 18.2 Å². The van der Waals surface area contributed by atoms with E-state index < -0.39 is 24.0 Å². The van der Waals surface area contributed by atoms with E-state index in [4.69, 9.17) is 16.3 Å². The van der Waals surface area contributed by atoms with E-state index >= 15 is 0 Å². The van der Waals surface area contributed by atoms with E-state index in [9.17, 15) is 24.0 Å². The molecule has 16 heteroatoms. The first-order chi connectivity index (χ1) is 23.4. The van der Waals surface area contributed by atoms with Crippen LogP contribution in [0, 0.1) is 13.8 Å². The number of aromatic amines is 1. The van der Waals surface area contributed by atoms with E-state index in [1.54, 1.807) is 13.8 Å². The monoisotopic (exact) mass is 698 g/mol. The van der Waals surface area contributed by atoms with Crippen LogP contribution in [-0.2, 0) is 14.3 Å². The second-order valence-electron chi connectivity index (χ2n) is 11.1. The summed E-state index contributed by atoms with van der Waals surface area (Å²) in [5.74, 6) is -0.424. The molecule has 15 nitrogen and oxygen atoms in total. The van der Waals surface area contributed by atoms with Gasteiger partial charge in [0.15, 0.2) is 0 Å². The van der Waals surface area contributed by atoms with Crippen LogP contribution in [0.5, 0.6) is 0 Å². The number of hydrogen-bond acceptors (Lipinski definition) is 10. The molecule has 264 valence electrons. The van der Waals surface area contributed by atoms with Crippen LogP contribution in [0.15, 0.2) is 56.4 Å². The fourth-order valence-electron chi connectivity index (χ4n) is 4.73. The number of urea groups is 1. The number of carbonyl (C=O) groups excluding carboxylic acids is 4. The lowest BCUT2D eigenvalue weighted by atomic mass is 10.0. The first-order valence-corrected chi connectivity index (χ1v) is 16.3. The molecule has 0 unspecified atom stereocenters. The summed E-state index contributed by atoms with van der Waals surface area (Å²) in [5.41, 5.74) is 3.53. The van der Waals surface area contributed by atoms with Gasteiger partial charge in [0.1, 0.15) is 6.61 Å². The van der Waals surface area contributed by atoms with Gasteiger partial charge in [-0.05, 0) is 75.9 Å². The third-order valence-corrected chi connectivity index (χ3v) is 7.84. The average molecular weight is 699 g/mol. The Bertz CT molecular complexity index is 1680. The summed E-state index contributed by atoms with van der Waals surface area (Å²) >= 11 is 6.24. The number of allylic oxidation sites excluding steroid dienone is 3. The van der Waals surface area contributed by atoms with Crippen LogP contribution in [0.2, 0.25) is 0 Å². The Hall–Kier alpha value is -5.18. The SMILES string of the molecule is CCN(CCOC(=O)NCCCCCCNC(=O)Nc1nc(C)cc(=O)[nH]1)c1ccc(N=C2C=C(NC(=O)OC)C(=O)C(Cl)=C2C)c(C)c1. The fraction of sp³-hybridized carbons (Fsp3) is 0.424. The molecule has 0 atom stereocenters. The number of halogens is 1. The molecular formula is C33H43ClN8O7. The summed E-state index contributed by atoms with van der Waals surface area (Å²) in [6.45, 7) is 9.57. The van der Waals surface area contributed by atoms with E-state index in [1.165, 1.54) is 19.3 Å². The van der Waals surface area contributed by atoms with Crippen molar-refractivity contribution in [1.29, 1.82) is 0 Å². The summed E-state index contributed by atoms with van der Waals surface area (Å²) in [7, 11) is 1.20. The smallest absolute Gasteiger partial charge is 0.411 e. The van der Waals surface area contributed by atoms with Gasteiger partial charge in [0.2, 0.25) is 11.7 Å². The average Bonchev–Trinajstić information content (AvgIpc) is 3.05. The predicted molar refractivity (Wildman–Crippen MR) is 188 cm³/mol. The van der Waals surface area contributed by atoms with Gasteiger partial charge in [-0.3, -0.25) is 25.2 Å². The van der Waals surface area contributed by atoms with Gasteiger partial charge in [-0.15, -0.1) is 0 Å². The normalized spacial score (nSPS) is 13.5. The first-order valence-electron chi connectivity index (χ1n) is 15.9. The molecular weight excluding hydrogens is 656 g/mol. The summed E-state index contributed by atoms with van der Waals surface area (Å²) < 4.78 is 9.96. The maximum absolute atomic E-state index is 12.5. The molecule has 5 N–H and O–H groups in total. The molecule has 3 rings (SSSR count). The number of alkyl carbamates (subject to hydrolysis) is 2. The number of methoxy groups -OCH3 is 1. The number of aliphatic imine (C=N–C) groups is 1. The van der Waals surface area contributed by atoms with Gasteiger partial charge in [0.05, 0.1) is 35.8 Å². The Kier molecular flexibility index (Phi) is 14.8. The second kappa shape index (κ2) is 19.0. The highest BCUT2D eigenvalue weighted by Crippen LogP contribution is 2.28. The van der Waals surface area contributed by atoms with E-state index in [1.807, 2.05) is 32.0 Å². The number of likely N-dealkylation sites (N-methyl/N-ethyl adjacent to an activating group) is 1. The number of unbranched alkanes of at least 4 members (excludes halogenated alkanes) is 3. The number of benzene rings is 1. The van der Waals surface area contributed by atoms with Crippen molar-refractivity contribution in [3.8, 4) is 0 Å². The Morgan fingerprint density at radius 2 is 1.69 bits per heavy atom. The van der Waals surface area contributed by atoms with Gasteiger partial charge in [-0.2, -0.15) is 0 Å². The molecule has 2 aromatic rings. The predicted octanol–water partition coefficient (Wildman–Crippen LogP) is 4.73. The van der Waals surface area contributed by atoms with Crippen LogP contribution in [0.3, 0.4) is 0 Å². The minimum Gasteiger partial charge on any atom is -0.453 e. The van der Waals surface area contributed by atoms with Crippen molar-refractivity contribution in [2.75, 3.05) is 50.1 Å². The van der Waals surface area contributed by atoms with E-state index in [-0.39, 0.29) is 28.8 Å². The maximum Gasteiger partial charge on any atom is 0.411 e. The molecule has 1 heterocycles. The van der Waals surface area contributed by atoms with Crippen molar-refractivity contribution >= 4 is 58.6 Å². The number of rotatable bonds is 15. The highest BCUT2D eigenvalue weighted by molar-refractivity contribution is 6.49. The number of hydrogen-bond donors (Lipinski definition) is 5. The highest BCUT2D eigenvalue weighted by Gasteiger charge is 2.25. The zero-order valence-corrected chi connectivity index (χ0v) is 29.1. The third kappa shape index (κ3) is 12.1. The molecule has 4 amide bonds. The zero-order valence-electron chi connectivity index (χ0n) is 28.3. The quantitative estimate of drug-likeness (QED) is 0.129. The van der Waals surface area contributed by atoms with Crippen LogP contribution in [0.1, 0.15) is 50.8 Å². The Morgan fingerprint density at radius 3 is 2.35 bits per heavy atom. The Balaban J connectivity index is 1.37. The van der Waals surface area contributed by atoms with Crippen molar-refractivity contribution in [1.82, 2.24) is 25.9 Å². The molecule has 0 saturated heterocycles. The first kappa shape index (κ1) is 38.3. The van der Waals surface area contributed by atoms with Crippen LogP contribution < -0.4 is 31.7 Å². The number of anilines is 2. The highest BCUT2D eigenvalue weighted by atomic mass is 35.5. The molecule has 0 saturated carbocycles. The number of aryl methyl sites for hydroxylation is 2. The number of nitrogens with one attached hydrogen (secondary N) is 5. The molecule has 1 aromatic heterocycles. The number of H-pyrrole nitrogens is 1. The minimum absolute atomic E-state index is 0.0262. The Morgan fingerprint density at radius 1 is 0.980 bits per heavy atom. The van der Waals surface area contributed by atoms with Gasteiger partial charge < -0.3 is 25.0 Å². The van der Waals surface area contributed by atoms with Crippen molar-refractivity contribution in [3.63, 3.8) is 0 Å². The molecule has 0 spiro atoms. The molecule has 0 bridgehead atoms. The largest absolute Gasteiger partial charge is 0.453 e. The van der Waals surface area contributed by atoms with Crippen LogP contribution in [0.4, 0.5) is 31.7 Å². The molecule has 0 radical (unpaired) electrons. The van der Waals surface area contributed by atoms with E-state index in [0.29, 0.717) is 48.8 Å². The van der Waals surface area contributed by atoms with Crippen LogP contribution in [0.25, 0.3) is 0 Å². The number of nitrogens with zero attached hydrogens (tertiary/aromatic N) is 3. The summed E-state index contributed by atoms with van der Waals surface area (Å²) in [6, 6.07) is 6.62. The van der Waals surface area contributed by atoms with Gasteiger partial charge in [0, 0.05) is 37.1 Å². The summed E-state index contributed by atoms with van der Waals surface area (Å²) in [4.78, 5) is 73.0. The molecule has 0 aliphatic heterocycles. The van der Waals surface area contributed by atoms with E-state index in [2.05, 4.69) is 45.9 Å². The number of ketones is 1. The van der Waals surface area contributed by atoms with Crippen molar-refractivity contribution < 1.29 is 28.7 Å². The van der Waals surface area contributed by atoms with E-state index in [0.717, 1.165) is 36.9 Å². The summed E-state index contributed by atoms with van der Waals surface area (Å²) in [5, 5.41) is 10.3. The molecule has 1 aromatic carbocycles. The number of ether oxygens (including phenoxy) is 2. The Labute approximate surface area is 289 Å². The van der Waals surface area contributed by atoms with Crippen LogP contribution in [-0.4, -0.2) is 79.6 Å². The maximum atomic E-state index is 12.5. The number of carbonyl (C=O) groups is 4. The lowest BCUT2D eigenvalue weighted by molar-refractivity contribution is -0.112.